The van der Waals surface area contributed by atoms with Gasteiger partial charge < -0.3 is 15.2 Å². The smallest absolute Gasteiger partial charge is 0.347 e. The molecule has 2 atom stereocenters. The van der Waals surface area contributed by atoms with E-state index in [1.807, 2.05) is 0 Å². The monoisotopic (exact) mass is 269 g/mol. The Labute approximate surface area is 112 Å². The summed E-state index contributed by atoms with van der Waals surface area (Å²) < 4.78 is 24.0. The van der Waals surface area contributed by atoms with E-state index in [9.17, 15) is 9.18 Å². The maximum absolute atomic E-state index is 13.8. The molecule has 0 aliphatic carbocycles. The topological polar surface area (TPSA) is 61.5 Å². The molecule has 2 N–H and O–H groups in total. The van der Waals surface area contributed by atoms with Crippen molar-refractivity contribution in [3.63, 3.8) is 0 Å². The van der Waals surface area contributed by atoms with E-state index in [4.69, 9.17) is 15.2 Å². The molecule has 1 aromatic rings. The van der Waals surface area contributed by atoms with Gasteiger partial charge in [0.25, 0.3) is 0 Å². The summed E-state index contributed by atoms with van der Waals surface area (Å²) in [6.45, 7) is 5.52. The van der Waals surface area contributed by atoms with Crippen molar-refractivity contribution in [3.8, 4) is 5.75 Å². The van der Waals surface area contributed by atoms with Crippen LogP contribution in [0.3, 0.4) is 0 Å². The fourth-order valence-electron chi connectivity index (χ4n) is 1.58. The van der Waals surface area contributed by atoms with Crippen LogP contribution in [0.25, 0.3) is 0 Å². The van der Waals surface area contributed by atoms with Gasteiger partial charge in [-0.1, -0.05) is 13.0 Å². The number of esters is 1. The van der Waals surface area contributed by atoms with Crippen molar-refractivity contribution in [3.05, 3.63) is 29.6 Å². The van der Waals surface area contributed by atoms with Gasteiger partial charge in [-0.25, -0.2) is 9.18 Å². The molecule has 0 aliphatic heterocycles. The standard InChI is InChI=1S/C14H20FNO3/c1-4-12(14(17)18-5-2)19-13-7-6-10(9(3)16)8-11(13)15/h6-9,12H,4-5,16H2,1-3H3/t9-,12?/m0/s1. The predicted molar refractivity (Wildman–Crippen MR) is 70.3 cm³/mol. The molecule has 1 unspecified atom stereocenters. The van der Waals surface area contributed by atoms with Crippen molar-refractivity contribution in [1.82, 2.24) is 0 Å². The van der Waals surface area contributed by atoms with Crippen LogP contribution < -0.4 is 10.5 Å². The normalized spacial score (nSPS) is 13.7. The zero-order valence-corrected chi connectivity index (χ0v) is 11.5. The van der Waals surface area contributed by atoms with E-state index in [-0.39, 0.29) is 18.4 Å². The molecule has 0 radical (unpaired) electrons. The van der Waals surface area contributed by atoms with E-state index in [0.717, 1.165) is 0 Å². The van der Waals surface area contributed by atoms with Crippen LogP contribution in [0.4, 0.5) is 4.39 Å². The maximum Gasteiger partial charge on any atom is 0.347 e. The molecular weight excluding hydrogens is 249 g/mol. The molecule has 0 saturated carbocycles. The van der Waals surface area contributed by atoms with E-state index < -0.39 is 17.9 Å². The van der Waals surface area contributed by atoms with Crippen molar-refractivity contribution >= 4 is 5.97 Å². The van der Waals surface area contributed by atoms with Gasteiger partial charge in [-0.2, -0.15) is 0 Å². The highest BCUT2D eigenvalue weighted by molar-refractivity contribution is 5.75. The molecule has 19 heavy (non-hydrogen) atoms. The largest absolute Gasteiger partial charge is 0.476 e. The molecule has 0 saturated heterocycles. The van der Waals surface area contributed by atoms with Gasteiger partial charge in [-0.3, -0.25) is 0 Å². The molecule has 5 heteroatoms. The summed E-state index contributed by atoms with van der Waals surface area (Å²) in [4.78, 5) is 11.6. The Hall–Kier alpha value is -1.62. The molecule has 1 aromatic carbocycles. The first kappa shape index (κ1) is 15.4. The molecule has 0 spiro atoms. The van der Waals surface area contributed by atoms with Gasteiger partial charge in [0.15, 0.2) is 17.7 Å². The molecule has 106 valence electrons. The summed E-state index contributed by atoms with van der Waals surface area (Å²) >= 11 is 0. The number of ether oxygens (including phenoxy) is 2. The third-order valence-corrected chi connectivity index (χ3v) is 2.67. The van der Waals surface area contributed by atoms with Crippen molar-refractivity contribution in [2.24, 2.45) is 5.73 Å². The average molecular weight is 269 g/mol. The van der Waals surface area contributed by atoms with Crippen LogP contribution in [-0.2, 0) is 9.53 Å². The van der Waals surface area contributed by atoms with E-state index in [0.29, 0.717) is 12.0 Å². The van der Waals surface area contributed by atoms with Gasteiger partial charge in [-0.15, -0.1) is 0 Å². The highest BCUT2D eigenvalue weighted by atomic mass is 19.1. The number of hydrogen-bond acceptors (Lipinski definition) is 4. The first-order valence-electron chi connectivity index (χ1n) is 6.37. The number of rotatable bonds is 6. The Morgan fingerprint density at radius 1 is 1.42 bits per heavy atom. The molecule has 0 heterocycles. The molecular formula is C14H20FNO3. The molecule has 0 bridgehead atoms. The van der Waals surface area contributed by atoms with Crippen LogP contribution in [0.5, 0.6) is 5.75 Å². The summed E-state index contributed by atoms with van der Waals surface area (Å²) in [5.74, 6) is -0.984. The minimum Gasteiger partial charge on any atom is -0.476 e. The predicted octanol–water partition coefficient (Wildman–Crippen LogP) is 2.57. The number of halogens is 1. The van der Waals surface area contributed by atoms with E-state index in [1.165, 1.54) is 12.1 Å². The highest BCUT2D eigenvalue weighted by Gasteiger charge is 2.21. The summed E-state index contributed by atoms with van der Waals surface area (Å²) in [6, 6.07) is 4.23. The van der Waals surface area contributed by atoms with Crippen LogP contribution in [0.15, 0.2) is 18.2 Å². The van der Waals surface area contributed by atoms with Crippen molar-refractivity contribution in [1.29, 1.82) is 0 Å². The summed E-state index contributed by atoms with van der Waals surface area (Å²) in [5.41, 5.74) is 6.34. The van der Waals surface area contributed by atoms with Gasteiger partial charge in [0.1, 0.15) is 0 Å². The van der Waals surface area contributed by atoms with Crippen LogP contribution in [0.1, 0.15) is 38.8 Å². The maximum atomic E-state index is 13.8. The number of carbonyl (C=O) groups is 1. The Morgan fingerprint density at radius 2 is 2.11 bits per heavy atom. The van der Waals surface area contributed by atoms with E-state index >= 15 is 0 Å². The van der Waals surface area contributed by atoms with Gasteiger partial charge in [0.2, 0.25) is 0 Å². The molecule has 1 rings (SSSR count). The number of benzene rings is 1. The highest BCUT2D eigenvalue weighted by Crippen LogP contribution is 2.23. The lowest BCUT2D eigenvalue weighted by Crippen LogP contribution is -2.29. The lowest BCUT2D eigenvalue weighted by atomic mass is 10.1. The molecule has 0 fully saturated rings. The second-order valence-corrected chi connectivity index (χ2v) is 4.25. The lowest BCUT2D eigenvalue weighted by molar-refractivity contribution is -0.151. The minimum absolute atomic E-state index is 0.0318. The van der Waals surface area contributed by atoms with E-state index in [2.05, 4.69) is 0 Å². The van der Waals surface area contributed by atoms with Crippen molar-refractivity contribution in [2.45, 2.75) is 39.3 Å². The van der Waals surface area contributed by atoms with Crippen LogP contribution in [0.2, 0.25) is 0 Å². The number of hydrogen-bond donors (Lipinski definition) is 1. The first-order valence-corrected chi connectivity index (χ1v) is 6.37. The zero-order valence-electron chi connectivity index (χ0n) is 11.5. The second-order valence-electron chi connectivity index (χ2n) is 4.25. The lowest BCUT2D eigenvalue weighted by Gasteiger charge is -2.17. The van der Waals surface area contributed by atoms with Gasteiger partial charge >= 0.3 is 5.97 Å². The fourth-order valence-corrected chi connectivity index (χ4v) is 1.58. The van der Waals surface area contributed by atoms with Gasteiger partial charge in [0.05, 0.1) is 6.61 Å². The van der Waals surface area contributed by atoms with Crippen molar-refractivity contribution in [2.75, 3.05) is 6.61 Å². The third kappa shape index (κ3) is 4.21. The third-order valence-electron chi connectivity index (χ3n) is 2.67. The van der Waals surface area contributed by atoms with E-state index in [1.54, 1.807) is 26.8 Å². The summed E-state index contributed by atoms with van der Waals surface area (Å²) in [6.07, 6.45) is -0.386. The summed E-state index contributed by atoms with van der Waals surface area (Å²) in [7, 11) is 0. The first-order chi connectivity index (χ1) is 8.99. The van der Waals surface area contributed by atoms with Crippen LogP contribution >= 0.6 is 0 Å². The summed E-state index contributed by atoms with van der Waals surface area (Å²) in [5, 5.41) is 0. The molecule has 4 nitrogen and oxygen atoms in total. The average Bonchev–Trinajstić information content (AvgIpc) is 2.37. The minimum atomic E-state index is -0.796. The molecule has 0 aromatic heterocycles. The Morgan fingerprint density at radius 3 is 2.58 bits per heavy atom. The Balaban J connectivity index is 2.83. The van der Waals surface area contributed by atoms with Gasteiger partial charge in [0, 0.05) is 6.04 Å². The fraction of sp³-hybridized carbons (Fsp3) is 0.500. The quantitative estimate of drug-likeness (QED) is 0.806. The molecule has 0 amide bonds. The second kappa shape index (κ2) is 7.09. The molecule has 0 aliphatic rings. The van der Waals surface area contributed by atoms with Gasteiger partial charge in [-0.05, 0) is 38.0 Å². The van der Waals surface area contributed by atoms with Crippen molar-refractivity contribution < 1.29 is 18.7 Å². The SMILES string of the molecule is CCOC(=O)C(CC)Oc1ccc([C@H](C)N)cc1F. The Bertz CT molecular complexity index is 435. The van der Waals surface area contributed by atoms with Crippen LogP contribution in [-0.4, -0.2) is 18.7 Å². The number of carbonyl (C=O) groups excluding carboxylic acids is 1. The van der Waals surface area contributed by atoms with Crippen LogP contribution in [0, 0.1) is 5.82 Å². The zero-order chi connectivity index (χ0) is 14.4. The Kier molecular flexibility index (Phi) is 5.76. The number of nitrogens with two attached hydrogens (primary N) is 1.